The van der Waals surface area contributed by atoms with E-state index in [4.69, 9.17) is 9.15 Å². The third-order valence-electron chi connectivity index (χ3n) is 2.74. The molecule has 0 aliphatic heterocycles. The van der Waals surface area contributed by atoms with Crippen LogP contribution in [0.1, 0.15) is 21.9 Å². The lowest BCUT2D eigenvalue weighted by Crippen LogP contribution is -2.23. The Balaban J connectivity index is 1.97. The smallest absolute Gasteiger partial charge is 0.273 e. The van der Waals surface area contributed by atoms with Gasteiger partial charge in [-0.3, -0.25) is 4.79 Å². The van der Waals surface area contributed by atoms with Gasteiger partial charge in [-0.15, -0.1) is 0 Å². The topological polar surface area (TPSA) is 76.4 Å². The third kappa shape index (κ3) is 3.36. The summed E-state index contributed by atoms with van der Waals surface area (Å²) in [7, 11) is 3.38. The molecule has 106 valence electrons. The fourth-order valence-corrected chi connectivity index (χ4v) is 1.76. The molecule has 2 N–H and O–H groups in total. The second-order valence-electron chi connectivity index (χ2n) is 4.15. The molecule has 0 unspecified atom stereocenters. The Bertz CT molecular complexity index is 581. The molecule has 0 saturated carbocycles. The van der Waals surface area contributed by atoms with Gasteiger partial charge in [0.15, 0.2) is 5.69 Å². The van der Waals surface area contributed by atoms with Gasteiger partial charge in [-0.1, -0.05) is 18.2 Å². The number of nitrogens with zero attached hydrogens (tertiary/aromatic N) is 1. The first-order valence-corrected chi connectivity index (χ1v) is 6.23. The van der Waals surface area contributed by atoms with E-state index in [2.05, 4.69) is 15.6 Å². The first-order chi connectivity index (χ1) is 9.74. The number of aromatic nitrogens is 1. The van der Waals surface area contributed by atoms with Crippen molar-refractivity contribution in [2.75, 3.05) is 14.2 Å². The van der Waals surface area contributed by atoms with Gasteiger partial charge in [-0.05, 0) is 13.1 Å². The standard InChI is InChI=1S/C14H17N3O3/c1-15-8-13-17-11(9-20-13)14(18)16-7-10-5-3-4-6-12(10)19-2/h3-6,9,15H,7-8H2,1-2H3,(H,16,18). The Morgan fingerprint density at radius 2 is 2.15 bits per heavy atom. The van der Waals surface area contributed by atoms with Crippen LogP contribution in [-0.2, 0) is 13.1 Å². The normalized spacial score (nSPS) is 10.3. The highest BCUT2D eigenvalue weighted by molar-refractivity contribution is 5.91. The zero-order valence-electron chi connectivity index (χ0n) is 11.5. The molecule has 1 amide bonds. The van der Waals surface area contributed by atoms with Crippen LogP contribution in [0.2, 0.25) is 0 Å². The predicted molar refractivity (Wildman–Crippen MR) is 73.4 cm³/mol. The lowest BCUT2D eigenvalue weighted by molar-refractivity contribution is 0.0945. The molecule has 1 aromatic heterocycles. The van der Waals surface area contributed by atoms with Crippen molar-refractivity contribution in [3.63, 3.8) is 0 Å². The molecule has 0 aliphatic carbocycles. The lowest BCUT2D eigenvalue weighted by Gasteiger charge is -2.08. The fraction of sp³-hybridized carbons (Fsp3) is 0.286. The highest BCUT2D eigenvalue weighted by Crippen LogP contribution is 2.16. The van der Waals surface area contributed by atoms with E-state index in [9.17, 15) is 4.79 Å². The summed E-state index contributed by atoms with van der Waals surface area (Å²) in [5.41, 5.74) is 1.17. The van der Waals surface area contributed by atoms with Crippen LogP contribution in [0.15, 0.2) is 34.9 Å². The molecule has 2 rings (SSSR count). The molecule has 2 aromatic rings. The highest BCUT2D eigenvalue weighted by atomic mass is 16.5. The van der Waals surface area contributed by atoms with E-state index in [1.54, 1.807) is 14.2 Å². The van der Waals surface area contributed by atoms with Gasteiger partial charge in [-0.25, -0.2) is 4.98 Å². The second kappa shape index (κ2) is 6.72. The molecule has 6 heteroatoms. The Kier molecular flexibility index (Phi) is 4.73. The number of carbonyl (C=O) groups excluding carboxylic acids is 1. The number of para-hydroxylation sites is 1. The second-order valence-corrected chi connectivity index (χ2v) is 4.15. The van der Waals surface area contributed by atoms with Gasteiger partial charge >= 0.3 is 0 Å². The first kappa shape index (κ1) is 14.1. The number of nitrogens with one attached hydrogen (secondary N) is 2. The highest BCUT2D eigenvalue weighted by Gasteiger charge is 2.12. The van der Waals surface area contributed by atoms with Crippen LogP contribution in [0.4, 0.5) is 0 Å². The van der Waals surface area contributed by atoms with E-state index in [-0.39, 0.29) is 11.6 Å². The van der Waals surface area contributed by atoms with Gasteiger partial charge < -0.3 is 19.8 Å². The molecule has 20 heavy (non-hydrogen) atoms. The van der Waals surface area contributed by atoms with Crippen molar-refractivity contribution in [2.24, 2.45) is 0 Å². The maximum atomic E-state index is 11.9. The maximum absolute atomic E-state index is 11.9. The molecular formula is C14H17N3O3. The van der Waals surface area contributed by atoms with Gasteiger partial charge in [0, 0.05) is 12.1 Å². The summed E-state index contributed by atoms with van der Waals surface area (Å²) in [5.74, 6) is 0.945. The molecular weight excluding hydrogens is 258 g/mol. The van der Waals surface area contributed by atoms with Crippen molar-refractivity contribution < 1.29 is 13.9 Å². The van der Waals surface area contributed by atoms with Crippen LogP contribution < -0.4 is 15.4 Å². The minimum absolute atomic E-state index is 0.269. The molecule has 0 atom stereocenters. The summed E-state index contributed by atoms with van der Waals surface area (Å²) in [4.78, 5) is 16.0. The molecule has 0 aliphatic rings. The number of hydrogen-bond acceptors (Lipinski definition) is 5. The van der Waals surface area contributed by atoms with E-state index in [0.717, 1.165) is 11.3 Å². The monoisotopic (exact) mass is 275 g/mol. The predicted octanol–water partition coefficient (Wildman–Crippen LogP) is 1.33. The van der Waals surface area contributed by atoms with Gasteiger partial charge in [0.25, 0.3) is 5.91 Å². The van der Waals surface area contributed by atoms with Crippen molar-refractivity contribution >= 4 is 5.91 Å². The number of rotatable bonds is 6. The van der Waals surface area contributed by atoms with E-state index in [0.29, 0.717) is 19.0 Å². The average molecular weight is 275 g/mol. The number of hydrogen-bond donors (Lipinski definition) is 2. The molecule has 0 radical (unpaired) electrons. The Morgan fingerprint density at radius 3 is 2.90 bits per heavy atom. The summed E-state index contributed by atoms with van der Waals surface area (Å²) >= 11 is 0. The third-order valence-corrected chi connectivity index (χ3v) is 2.74. The minimum Gasteiger partial charge on any atom is -0.496 e. The average Bonchev–Trinajstić information content (AvgIpc) is 2.94. The minimum atomic E-state index is -0.276. The van der Waals surface area contributed by atoms with Crippen molar-refractivity contribution in [2.45, 2.75) is 13.1 Å². The van der Waals surface area contributed by atoms with Crippen molar-refractivity contribution in [1.82, 2.24) is 15.6 Å². The number of benzene rings is 1. The van der Waals surface area contributed by atoms with Gasteiger partial charge in [0.2, 0.25) is 5.89 Å². The van der Waals surface area contributed by atoms with Crippen LogP contribution in [0, 0.1) is 0 Å². The van der Waals surface area contributed by atoms with Crippen LogP contribution in [0.25, 0.3) is 0 Å². The van der Waals surface area contributed by atoms with Crippen molar-refractivity contribution in [1.29, 1.82) is 0 Å². The quantitative estimate of drug-likeness (QED) is 0.831. The Labute approximate surface area is 117 Å². The van der Waals surface area contributed by atoms with Gasteiger partial charge in [-0.2, -0.15) is 0 Å². The summed E-state index contributed by atoms with van der Waals surface area (Å²) in [6, 6.07) is 7.52. The van der Waals surface area contributed by atoms with Crippen LogP contribution in [-0.4, -0.2) is 25.0 Å². The summed E-state index contributed by atoms with van der Waals surface area (Å²) in [6.07, 6.45) is 1.35. The van der Waals surface area contributed by atoms with Crippen LogP contribution >= 0.6 is 0 Å². The summed E-state index contributed by atoms with van der Waals surface area (Å²) in [5, 5.41) is 5.69. The molecule has 6 nitrogen and oxygen atoms in total. The number of ether oxygens (including phenoxy) is 1. The van der Waals surface area contributed by atoms with E-state index in [1.165, 1.54) is 6.26 Å². The molecule has 1 heterocycles. The maximum Gasteiger partial charge on any atom is 0.273 e. The Morgan fingerprint density at radius 1 is 1.35 bits per heavy atom. The SMILES string of the molecule is CNCc1nc(C(=O)NCc2ccccc2OC)co1. The summed E-state index contributed by atoms with van der Waals surface area (Å²) < 4.78 is 10.4. The lowest BCUT2D eigenvalue weighted by atomic mass is 10.2. The van der Waals surface area contributed by atoms with Crippen molar-refractivity contribution in [3.05, 3.63) is 47.7 Å². The number of oxazole rings is 1. The number of amides is 1. The first-order valence-electron chi connectivity index (χ1n) is 6.23. The molecule has 0 spiro atoms. The van der Waals surface area contributed by atoms with Gasteiger partial charge in [0.1, 0.15) is 12.0 Å². The zero-order valence-corrected chi connectivity index (χ0v) is 11.5. The molecule has 1 aromatic carbocycles. The van der Waals surface area contributed by atoms with Gasteiger partial charge in [0.05, 0.1) is 13.7 Å². The Hall–Kier alpha value is -2.34. The van der Waals surface area contributed by atoms with E-state index >= 15 is 0 Å². The van der Waals surface area contributed by atoms with E-state index < -0.39 is 0 Å². The fourth-order valence-electron chi connectivity index (χ4n) is 1.76. The number of methoxy groups -OCH3 is 1. The largest absolute Gasteiger partial charge is 0.496 e. The van der Waals surface area contributed by atoms with Crippen LogP contribution in [0.5, 0.6) is 5.75 Å². The van der Waals surface area contributed by atoms with E-state index in [1.807, 2.05) is 24.3 Å². The molecule has 0 fully saturated rings. The van der Waals surface area contributed by atoms with Crippen LogP contribution in [0.3, 0.4) is 0 Å². The number of carbonyl (C=O) groups is 1. The molecule has 0 bridgehead atoms. The molecule has 0 saturated heterocycles. The summed E-state index contributed by atoms with van der Waals surface area (Å²) in [6.45, 7) is 0.858. The zero-order chi connectivity index (χ0) is 14.4. The van der Waals surface area contributed by atoms with Crippen molar-refractivity contribution in [3.8, 4) is 5.75 Å².